The molecule has 1 nitrogen and oxygen atoms in total. The van der Waals surface area contributed by atoms with Gasteiger partial charge in [-0.3, -0.25) is 0 Å². The molecular formula is C29H45N. The van der Waals surface area contributed by atoms with Crippen LogP contribution in [0.2, 0.25) is 0 Å². The topological polar surface area (TPSA) is 26.0 Å². The molecule has 30 heavy (non-hydrogen) atoms. The summed E-state index contributed by atoms with van der Waals surface area (Å²) in [6.07, 6.45) is 16.8. The van der Waals surface area contributed by atoms with E-state index in [1.807, 2.05) is 12.2 Å². The zero-order valence-electron chi connectivity index (χ0n) is 20.1. The number of unbranched alkanes of at least 4 members (excludes halogenated alkanes) is 1. The van der Waals surface area contributed by atoms with Crippen LogP contribution >= 0.6 is 0 Å². The second kappa shape index (κ2) is 15.7. The molecule has 0 heterocycles. The van der Waals surface area contributed by atoms with Crippen LogP contribution in [-0.2, 0) is 0 Å². The highest BCUT2D eigenvalue weighted by atomic mass is 14.5. The van der Waals surface area contributed by atoms with E-state index in [0.717, 1.165) is 58.6 Å². The van der Waals surface area contributed by atoms with Crippen LogP contribution in [0.3, 0.4) is 0 Å². The highest BCUT2D eigenvalue weighted by Gasteiger charge is 2.08. The molecule has 2 N–H and O–H groups in total. The molecule has 0 aliphatic rings. The van der Waals surface area contributed by atoms with Crippen molar-refractivity contribution < 1.29 is 0 Å². The first kappa shape index (κ1) is 27.9. The summed E-state index contributed by atoms with van der Waals surface area (Å²) >= 11 is 0. The summed E-state index contributed by atoms with van der Waals surface area (Å²) in [5, 5.41) is 0. The van der Waals surface area contributed by atoms with Crippen LogP contribution in [0.1, 0.15) is 66.2 Å². The molecule has 0 aliphatic carbocycles. The van der Waals surface area contributed by atoms with Gasteiger partial charge in [0, 0.05) is 0 Å². The minimum atomic E-state index is 0.478. The van der Waals surface area contributed by atoms with Gasteiger partial charge in [-0.25, -0.2) is 0 Å². The molecule has 166 valence electrons. The van der Waals surface area contributed by atoms with E-state index in [-0.39, 0.29) is 0 Å². The van der Waals surface area contributed by atoms with Crippen LogP contribution in [-0.4, -0.2) is 6.54 Å². The molecule has 0 fully saturated rings. The first-order valence-corrected chi connectivity index (χ1v) is 11.4. The molecule has 0 aliphatic heterocycles. The van der Waals surface area contributed by atoms with Gasteiger partial charge in [0.1, 0.15) is 0 Å². The monoisotopic (exact) mass is 407 g/mol. The fourth-order valence-electron chi connectivity index (χ4n) is 2.88. The number of nitrogens with two attached hydrogens (primary N) is 1. The summed E-state index contributed by atoms with van der Waals surface area (Å²) in [7, 11) is 0. The number of rotatable bonds is 16. The molecule has 0 radical (unpaired) electrons. The molecule has 0 spiro atoms. The number of allylic oxidation sites excluding steroid dienone is 11. The summed E-state index contributed by atoms with van der Waals surface area (Å²) < 4.78 is 0. The Morgan fingerprint density at radius 2 is 1.53 bits per heavy atom. The maximum atomic E-state index is 5.53. The largest absolute Gasteiger partial charge is 0.330 e. The maximum Gasteiger partial charge on any atom is -0.00743 e. The van der Waals surface area contributed by atoms with Gasteiger partial charge in [-0.05, 0) is 71.9 Å². The van der Waals surface area contributed by atoms with Gasteiger partial charge in [0.15, 0.2) is 0 Å². The minimum absolute atomic E-state index is 0.478. The Bertz CT molecular complexity index is 696. The van der Waals surface area contributed by atoms with Crippen LogP contribution in [0.4, 0.5) is 0 Å². The van der Waals surface area contributed by atoms with E-state index in [0.29, 0.717) is 12.5 Å². The zero-order chi connectivity index (χ0) is 23.1. The highest BCUT2D eigenvalue weighted by Crippen LogP contribution is 2.25. The smallest absolute Gasteiger partial charge is 0.00743 e. The van der Waals surface area contributed by atoms with Crippen LogP contribution < -0.4 is 5.73 Å². The summed E-state index contributed by atoms with van der Waals surface area (Å²) in [4.78, 5) is 0. The average Bonchev–Trinajstić information content (AvgIpc) is 2.75. The van der Waals surface area contributed by atoms with Crippen LogP contribution in [0.25, 0.3) is 0 Å². The Balaban J connectivity index is 4.96. The van der Waals surface area contributed by atoms with Crippen molar-refractivity contribution in [1.29, 1.82) is 0 Å². The van der Waals surface area contributed by atoms with Gasteiger partial charge < -0.3 is 5.73 Å². The first-order valence-electron chi connectivity index (χ1n) is 11.4. The second-order valence-corrected chi connectivity index (χ2v) is 8.31. The lowest BCUT2D eigenvalue weighted by atomic mass is 9.90. The molecular weight excluding hydrogens is 362 g/mol. The molecule has 0 aromatic heterocycles. The van der Waals surface area contributed by atoms with Crippen molar-refractivity contribution in [2.45, 2.75) is 66.2 Å². The van der Waals surface area contributed by atoms with Gasteiger partial charge in [-0.2, -0.15) is 0 Å². The van der Waals surface area contributed by atoms with Crippen molar-refractivity contribution in [2.75, 3.05) is 6.54 Å². The van der Waals surface area contributed by atoms with Gasteiger partial charge in [-0.15, -0.1) is 0 Å². The summed E-state index contributed by atoms with van der Waals surface area (Å²) in [5.74, 6) is 1.25. The average molecular weight is 408 g/mol. The predicted molar refractivity (Wildman–Crippen MR) is 138 cm³/mol. The lowest BCUT2D eigenvalue weighted by Crippen LogP contribution is -2.01. The second-order valence-electron chi connectivity index (χ2n) is 8.31. The van der Waals surface area contributed by atoms with E-state index < -0.39 is 0 Å². The van der Waals surface area contributed by atoms with Crippen LogP contribution in [0.15, 0.2) is 96.7 Å². The van der Waals surface area contributed by atoms with Gasteiger partial charge >= 0.3 is 0 Å². The number of hydrogen-bond acceptors (Lipinski definition) is 1. The normalized spacial score (nSPS) is 14.1. The van der Waals surface area contributed by atoms with Crippen molar-refractivity contribution in [1.82, 2.24) is 0 Å². The van der Waals surface area contributed by atoms with Crippen molar-refractivity contribution in [3.05, 3.63) is 96.7 Å². The maximum absolute atomic E-state index is 5.53. The predicted octanol–water partition coefficient (Wildman–Crippen LogP) is 8.42. The molecule has 0 bridgehead atoms. The third-order valence-electron chi connectivity index (χ3n) is 5.73. The Hall–Kier alpha value is -2.12. The fraction of sp³-hybridized carbons (Fsp3) is 0.448. The molecule has 2 unspecified atom stereocenters. The molecule has 1 heteroatoms. The SMILES string of the molecule is C=C(/C=C\CCCN)C(=C)/C=C(/CC)C(=C)C(=C)/C=C\C(=C)C(C)CCC(C)CC. The van der Waals surface area contributed by atoms with Crippen molar-refractivity contribution in [3.8, 4) is 0 Å². The third-order valence-corrected chi connectivity index (χ3v) is 5.73. The quantitative estimate of drug-likeness (QED) is 0.202. The molecule has 0 amide bonds. The first-order chi connectivity index (χ1) is 14.2. The molecule has 0 aromatic rings. The van der Waals surface area contributed by atoms with Crippen molar-refractivity contribution >= 4 is 0 Å². The summed E-state index contributed by atoms with van der Waals surface area (Å²) in [5.41, 5.74) is 11.5. The summed E-state index contributed by atoms with van der Waals surface area (Å²) in [6, 6.07) is 0. The van der Waals surface area contributed by atoms with E-state index in [1.54, 1.807) is 0 Å². The van der Waals surface area contributed by atoms with E-state index in [1.165, 1.54) is 19.3 Å². The van der Waals surface area contributed by atoms with Crippen LogP contribution in [0.5, 0.6) is 0 Å². The van der Waals surface area contributed by atoms with Crippen molar-refractivity contribution in [3.63, 3.8) is 0 Å². The lowest BCUT2D eigenvalue weighted by Gasteiger charge is -2.15. The Labute approximate surface area is 187 Å². The molecule has 0 rings (SSSR count). The van der Waals surface area contributed by atoms with E-state index in [2.05, 4.69) is 78.8 Å². The number of hydrogen-bond donors (Lipinski definition) is 1. The Kier molecular flexibility index (Phi) is 14.6. The van der Waals surface area contributed by atoms with Gasteiger partial charge in [0.2, 0.25) is 0 Å². The van der Waals surface area contributed by atoms with Gasteiger partial charge in [0.25, 0.3) is 0 Å². The van der Waals surface area contributed by atoms with Crippen LogP contribution in [0, 0.1) is 11.8 Å². The lowest BCUT2D eigenvalue weighted by molar-refractivity contribution is 0.454. The highest BCUT2D eigenvalue weighted by molar-refractivity contribution is 5.54. The summed E-state index contributed by atoms with van der Waals surface area (Å²) in [6.45, 7) is 30.7. The van der Waals surface area contributed by atoms with Gasteiger partial charge in [0.05, 0.1) is 0 Å². The molecule has 0 saturated heterocycles. The van der Waals surface area contributed by atoms with E-state index >= 15 is 0 Å². The van der Waals surface area contributed by atoms with Crippen molar-refractivity contribution in [2.24, 2.45) is 17.6 Å². The molecule has 0 aromatic carbocycles. The van der Waals surface area contributed by atoms with E-state index in [4.69, 9.17) is 5.73 Å². The fourth-order valence-corrected chi connectivity index (χ4v) is 2.88. The minimum Gasteiger partial charge on any atom is -0.330 e. The third kappa shape index (κ3) is 11.2. The van der Waals surface area contributed by atoms with Gasteiger partial charge in [-0.1, -0.05) is 109 Å². The molecule has 2 atom stereocenters. The Morgan fingerprint density at radius 3 is 2.10 bits per heavy atom. The standard InChI is InChI=1S/C29H45N/c1-10-22(3)16-17-24(5)25(6)18-19-26(7)28(9)29(11-2)21-27(8)23(4)15-13-12-14-20-30/h13,15,18-19,21-22,24H,4,6-12,14,16-17,20,30H2,1-3,5H3/b15-13-,19-18-,29-21-. The zero-order valence-corrected chi connectivity index (χ0v) is 20.1. The Morgan fingerprint density at radius 1 is 0.867 bits per heavy atom. The van der Waals surface area contributed by atoms with E-state index in [9.17, 15) is 0 Å². The molecule has 0 saturated carbocycles.